The summed E-state index contributed by atoms with van der Waals surface area (Å²) in [4.78, 5) is 4.18. The Morgan fingerprint density at radius 2 is 1.87 bits per heavy atom. The first-order valence-corrected chi connectivity index (χ1v) is 12.5. The minimum Gasteiger partial charge on any atom is -0.492 e. The van der Waals surface area contributed by atoms with Gasteiger partial charge >= 0.3 is 6.18 Å². The van der Waals surface area contributed by atoms with Crippen molar-refractivity contribution in [3.63, 3.8) is 0 Å². The quantitative estimate of drug-likeness (QED) is 0.362. The van der Waals surface area contributed by atoms with Gasteiger partial charge in [0.1, 0.15) is 12.4 Å². The summed E-state index contributed by atoms with van der Waals surface area (Å²) in [6, 6.07) is 7.14. The normalized spacial score (nSPS) is 30.0. The summed E-state index contributed by atoms with van der Waals surface area (Å²) in [5, 5.41) is 24.7. The number of nitrogens with one attached hydrogen (secondary N) is 1. The van der Waals surface area contributed by atoms with E-state index in [-0.39, 0.29) is 53.9 Å². The summed E-state index contributed by atoms with van der Waals surface area (Å²) < 4.78 is 75.9. The van der Waals surface area contributed by atoms with Crippen LogP contribution in [0.15, 0.2) is 42.7 Å². The molecule has 206 valence electrons. The molecule has 1 aliphatic heterocycles. The highest BCUT2D eigenvalue weighted by molar-refractivity contribution is 5.82. The number of ether oxygens (including phenoxy) is 1. The molecule has 5 rings (SSSR count). The van der Waals surface area contributed by atoms with Gasteiger partial charge in [-0.05, 0) is 57.2 Å². The molecule has 0 bridgehead atoms. The number of imidazole rings is 1. The number of alkyl halides is 5. The Bertz CT molecular complexity index is 1320. The van der Waals surface area contributed by atoms with Gasteiger partial charge in [0.05, 0.1) is 34.1 Å². The fraction of sp³-hybridized carbons (Fsp3) is 0.519. The molecule has 38 heavy (non-hydrogen) atoms. The zero-order valence-electron chi connectivity index (χ0n) is 21.0. The van der Waals surface area contributed by atoms with Crippen molar-refractivity contribution in [2.75, 3.05) is 6.61 Å². The number of aliphatic hydroxyl groups is 2. The summed E-state index contributed by atoms with van der Waals surface area (Å²) in [6.45, 7) is 3.44. The molecular weight excluding hydrogens is 509 g/mol. The van der Waals surface area contributed by atoms with Crippen LogP contribution in [0.25, 0.3) is 11.0 Å². The van der Waals surface area contributed by atoms with Crippen molar-refractivity contribution in [1.29, 1.82) is 0 Å². The molecule has 0 amide bonds. The van der Waals surface area contributed by atoms with Gasteiger partial charge in [0.25, 0.3) is 6.43 Å². The van der Waals surface area contributed by atoms with Gasteiger partial charge in [-0.3, -0.25) is 0 Å². The summed E-state index contributed by atoms with van der Waals surface area (Å²) >= 11 is 0. The van der Waals surface area contributed by atoms with Crippen LogP contribution < -0.4 is 10.1 Å². The summed E-state index contributed by atoms with van der Waals surface area (Å²) in [6.07, 6.45) is -4.88. The fourth-order valence-corrected chi connectivity index (χ4v) is 5.89. The Morgan fingerprint density at radius 1 is 1.13 bits per heavy atom. The number of rotatable bonds is 6. The molecule has 2 heterocycles. The van der Waals surface area contributed by atoms with Crippen molar-refractivity contribution >= 4 is 11.0 Å². The van der Waals surface area contributed by atoms with E-state index in [1.54, 1.807) is 13.0 Å². The van der Waals surface area contributed by atoms with E-state index in [0.29, 0.717) is 18.4 Å². The zero-order chi connectivity index (χ0) is 27.5. The molecule has 2 fully saturated rings. The maximum absolute atomic E-state index is 14.1. The molecule has 0 radical (unpaired) electrons. The average molecular weight is 540 g/mol. The van der Waals surface area contributed by atoms with Crippen LogP contribution in [0.3, 0.4) is 0 Å². The third-order valence-electron chi connectivity index (χ3n) is 7.57. The van der Waals surface area contributed by atoms with E-state index in [9.17, 15) is 32.2 Å². The lowest BCUT2D eigenvalue weighted by molar-refractivity contribution is -0.136. The second kappa shape index (κ2) is 9.46. The van der Waals surface area contributed by atoms with E-state index in [2.05, 4.69) is 10.3 Å². The number of nitrogens with zero attached hydrogens (tertiary/aromatic N) is 2. The number of aromatic nitrogens is 2. The summed E-state index contributed by atoms with van der Waals surface area (Å²) in [5.74, 6) is -0.0149. The lowest BCUT2D eigenvalue weighted by Crippen LogP contribution is -2.53. The molecule has 0 spiro atoms. The van der Waals surface area contributed by atoms with E-state index in [4.69, 9.17) is 4.74 Å². The van der Waals surface area contributed by atoms with E-state index < -0.39 is 35.4 Å². The van der Waals surface area contributed by atoms with Gasteiger partial charge in [-0.25, -0.2) is 13.8 Å². The minimum atomic E-state index is -4.66. The Morgan fingerprint density at radius 3 is 2.53 bits per heavy atom. The molecular formula is C27H30F5N3O3. The van der Waals surface area contributed by atoms with E-state index in [1.165, 1.54) is 35.2 Å². The van der Waals surface area contributed by atoms with Crippen LogP contribution in [0.2, 0.25) is 0 Å². The molecule has 3 N–H and O–H groups in total. The standard InChI is InChI=1S/C27H30F5N3O3/c1-15-9-26(37,17-5-3-4-16(6-17)24(28)29)10-18(34-15)13-38-20-7-21(27(30,31)32)23-22(8-20)33-14-35(23)19-11-25(2,36)12-19/h3-8,14-15,18-19,24,34,36-37H,9-13H2,1-2H3. The smallest absolute Gasteiger partial charge is 0.418 e. The van der Waals surface area contributed by atoms with Crippen molar-refractivity contribution in [2.45, 2.75) is 81.5 Å². The van der Waals surface area contributed by atoms with Crippen LogP contribution >= 0.6 is 0 Å². The second-order valence-corrected chi connectivity index (χ2v) is 11.0. The van der Waals surface area contributed by atoms with Crippen molar-refractivity contribution in [3.8, 4) is 5.75 Å². The van der Waals surface area contributed by atoms with Gasteiger partial charge in [0.15, 0.2) is 0 Å². The predicted molar refractivity (Wildman–Crippen MR) is 130 cm³/mol. The monoisotopic (exact) mass is 539 g/mol. The zero-order valence-corrected chi connectivity index (χ0v) is 21.0. The molecule has 2 aromatic carbocycles. The van der Waals surface area contributed by atoms with Crippen LogP contribution in [-0.4, -0.2) is 44.1 Å². The largest absolute Gasteiger partial charge is 0.492 e. The van der Waals surface area contributed by atoms with Crippen molar-refractivity contribution in [3.05, 3.63) is 59.4 Å². The Labute approximate surface area is 216 Å². The molecule has 1 aliphatic carbocycles. The first-order valence-electron chi connectivity index (χ1n) is 12.5. The molecule has 1 saturated heterocycles. The first kappa shape index (κ1) is 26.8. The van der Waals surface area contributed by atoms with Gasteiger partial charge < -0.3 is 24.8 Å². The van der Waals surface area contributed by atoms with Gasteiger partial charge in [-0.2, -0.15) is 13.2 Å². The van der Waals surface area contributed by atoms with Crippen molar-refractivity contribution in [1.82, 2.24) is 14.9 Å². The molecule has 3 aromatic rings. The van der Waals surface area contributed by atoms with Gasteiger partial charge in [-0.15, -0.1) is 0 Å². The molecule has 2 aliphatic rings. The van der Waals surface area contributed by atoms with Gasteiger partial charge in [0, 0.05) is 29.8 Å². The highest BCUT2D eigenvalue weighted by Crippen LogP contribution is 2.45. The second-order valence-electron chi connectivity index (χ2n) is 11.0. The topological polar surface area (TPSA) is 79.5 Å². The maximum Gasteiger partial charge on any atom is 0.418 e. The molecule has 3 unspecified atom stereocenters. The van der Waals surface area contributed by atoms with Crippen LogP contribution in [0.4, 0.5) is 22.0 Å². The van der Waals surface area contributed by atoms with Crippen LogP contribution in [0.5, 0.6) is 5.75 Å². The molecule has 1 saturated carbocycles. The number of benzene rings is 2. The van der Waals surface area contributed by atoms with Crippen LogP contribution in [0.1, 0.15) is 68.7 Å². The lowest BCUT2D eigenvalue weighted by atomic mass is 9.77. The van der Waals surface area contributed by atoms with E-state index in [1.807, 2.05) is 6.92 Å². The number of piperidine rings is 1. The predicted octanol–water partition coefficient (Wildman–Crippen LogP) is 5.49. The number of halogens is 5. The Kier molecular flexibility index (Phi) is 6.68. The third kappa shape index (κ3) is 5.23. The van der Waals surface area contributed by atoms with Crippen LogP contribution in [-0.2, 0) is 11.8 Å². The van der Waals surface area contributed by atoms with E-state index >= 15 is 0 Å². The SMILES string of the molecule is CC1CC(O)(c2cccc(C(F)F)c2)CC(COc2cc(C(F)(F)F)c3c(c2)ncn3C2CC(C)(O)C2)N1. The Balaban J connectivity index is 1.37. The first-order chi connectivity index (χ1) is 17.7. The summed E-state index contributed by atoms with van der Waals surface area (Å²) in [7, 11) is 0. The average Bonchev–Trinajstić information content (AvgIpc) is 3.23. The minimum absolute atomic E-state index is 0.0149. The third-order valence-corrected chi connectivity index (χ3v) is 7.57. The molecule has 3 atom stereocenters. The van der Waals surface area contributed by atoms with E-state index in [0.717, 1.165) is 6.07 Å². The summed E-state index contributed by atoms with van der Waals surface area (Å²) in [5.41, 5.74) is -2.92. The number of fused-ring (bicyclic) bond motifs is 1. The highest BCUT2D eigenvalue weighted by atomic mass is 19.4. The Hall–Kier alpha value is -2.76. The van der Waals surface area contributed by atoms with Crippen LogP contribution in [0, 0.1) is 0 Å². The van der Waals surface area contributed by atoms with Gasteiger partial charge in [-0.1, -0.05) is 18.2 Å². The molecule has 6 nitrogen and oxygen atoms in total. The maximum atomic E-state index is 14.1. The number of hydrogen-bond acceptors (Lipinski definition) is 5. The van der Waals surface area contributed by atoms with Gasteiger partial charge in [0.2, 0.25) is 0 Å². The lowest BCUT2D eigenvalue weighted by Gasteiger charge is -2.42. The highest BCUT2D eigenvalue weighted by Gasteiger charge is 2.43. The molecule has 11 heteroatoms. The molecule has 1 aromatic heterocycles. The fourth-order valence-electron chi connectivity index (χ4n) is 5.89. The van der Waals surface area contributed by atoms with Crippen molar-refractivity contribution in [2.24, 2.45) is 0 Å². The van der Waals surface area contributed by atoms with Crippen molar-refractivity contribution < 1.29 is 36.9 Å². The number of hydrogen-bond donors (Lipinski definition) is 3.